The van der Waals surface area contributed by atoms with Crippen molar-refractivity contribution in [2.75, 3.05) is 13.1 Å². The summed E-state index contributed by atoms with van der Waals surface area (Å²) in [6.45, 7) is 4.02. The minimum absolute atomic E-state index is 0.0535. The molecule has 0 aliphatic rings. The highest BCUT2D eigenvalue weighted by Gasteiger charge is 2.15. The molecule has 4 nitrogen and oxygen atoms in total. The van der Waals surface area contributed by atoms with Crippen LogP contribution < -0.4 is 10.1 Å². The van der Waals surface area contributed by atoms with Crippen molar-refractivity contribution in [1.29, 1.82) is 0 Å². The van der Waals surface area contributed by atoms with Gasteiger partial charge in [0.25, 0.3) is 0 Å². The van der Waals surface area contributed by atoms with Crippen molar-refractivity contribution in [3.05, 3.63) is 53.0 Å². The molecular formula is C17H19N3OS. The molecule has 0 saturated heterocycles. The largest absolute Gasteiger partial charge is 0.484 e. The molecule has 0 aliphatic carbocycles. The second-order valence-electron chi connectivity index (χ2n) is 5.01. The maximum atomic E-state index is 6.32. The second kappa shape index (κ2) is 7.33. The van der Waals surface area contributed by atoms with Crippen LogP contribution in [0.3, 0.4) is 0 Å². The van der Waals surface area contributed by atoms with E-state index < -0.39 is 0 Å². The standard InChI is InChI=1S/C17H19N3OS/c1-2-18-9-8-16(17-7-4-10-22-17)21-15-6-3-5-13-11-19-20-12-14(13)15/h3-7,10-12,16,18H,2,8-9H2,1H3/t16-/m1/s1. The van der Waals surface area contributed by atoms with Crippen molar-refractivity contribution < 1.29 is 4.74 Å². The van der Waals surface area contributed by atoms with Gasteiger partial charge in [-0.3, -0.25) is 0 Å². The first kappa shape index (κ1) is 14.9. The fraction of sp³-hybridized carbons (Fsp3) is 0.294. The Balaban J connectivity index is 1.85. The molecule has 3 rings (SSSR count). The second-order valence-corrected chi connectivity index (χ2v) is 5.99. The first-order chi connectivity index (χ1) is 10.9. The summed E-state index contributed by atoms with van der Waals surface area (Å²) in [5.41, 5.74) is 0. The maximum absolute atomic E-state index is 6.32. The molecule has 0 aliphatic heterocycles. The topological polar surface area (TPSA) is 47.0 Å². The lowest BCUT2D eigenvalue weighted by Crippen LogP contribution is -2.19. The zero-order chi connectivity index (χ0) is 15.2. The van der Waals surface area contributed by atoms with E-state index in [0.717, 1.165) is 36.0 Å². The van der Waals surface area contributed by atoms with Crippen LogP contribution in [0.4, 0.5) is 0 Å². The zero-order valence-corrected chi connectivity index (χ0v) is 13.3. The van der Waals surface area contributed by atoms with E-state index >= 15 is 0 Å². The van der Waals surface area contributed by atoms with E-state index in [1.807, 2.05) is 18.2 Å². The molecule has 0 saturated carbocycles. The third kappa shape index (κ3) is 3.43. The molecule has 3 aromatic rings. The highest BCUT2D eigenvalue weighted by molar-refractivity contribution is 7.10. The number of hydrogen-bond donors (Lipinski definition) is 1. The Hall–Kier alpha value is -1.98. The van der Waals surface area contributed by atoms with E-state index in [2.05, 4.69) is 40.0 Å². The molecule has 0 radical (unpaired) electrons. The van der Waals surface area contributed by atoms with Crippen LogP contribution in [0, 0.1) is 0 Å². The molecule has 0 spiro atoms. The molecule has 0 unspecified atom stereocenters. The normalized spacial score (nSPS) is 12.4. The zero-order valence-electron chi connectivity index (χ0n) is 12.5. The number of benzene rings is 1. The Morgan fingerprint density at radius 1 is 1.18 bits per heavy atom. The molecular weight excluding hydrogens is 294 g/mol. The van der Waals surface area contributed by atoms with Crippen LogP contribution >= 0.6 is 11.3 Å². The maximum Gasteiger partial charge on any atom is 0.134 e. The quantitative estimate of drug-likeness (QED) is 0.674. The monoisotopic (exact) mass is 313 g/mol. The number of ether oxygens (including phenoxy) is 1. The molecule has 22 heavy (non-hydrogen) atoms. The van der Waals surface area contributed by atoms with Crippen molar-refractivity contribution >= 4 is 22.1 Å². The van der Waals surface area contributed by atoms with Crippen molar-refractivity contribution in [3.8, 4) is 5.75 Å². The van der Waals surface area contributed by atoms with Gasteiger partial charge in [0, 0.05) is 22.1 Å². The Labute approximate surface area is 134 Å². The summed E-state index contributed by atoms with van der Waals surface area (Å²) in [5, 5.41) is 15.4. The molecule has 114 valence electrons. The van der Waals surface area contributed by atoms with Crippen molar-refractivity contribution in [1.82, 2.24) is 15.5 Å². The number of fused-ring (bicyclic) bond motifs is 1. The molecule has 1 aromatic carbocycles. The van der Waals surface area contributed by atoms with Gasteiger partial charge in [0.2, 0.25) is 0 Å². The summed E-state index contributed by atoms with van der Waals surface area (Å²) >= 11 is 1.73. The van der Waals surface area contributed by atoms with Crippen molar-refractivity contribution in [2.45, 2.75) is 19.4 Å². The van der Waals surface area contributed by atoms with E-state index in [-0.39, 0.29) is 6.10 Å². The van der Waals surface area contributed by atoms with Crippen LogP contribution in [-0.4, -0.2) is 23.3 Å². The molecule has 0 bridgehead atoms. The number of hydrogen-bond acceptors (Lipinski definition) is 5. The SMILES string of the molecule is CCNCC[C@@H](Oc1cccc2cnncc12)c1cccs1. The first-order valence-electron chi connectivity index (χ1n) is 7.48. The van der Waals surface area contributed by atoms with E-state index in [4.69, 9.17) is 4.74 Å². The summed E-state index contributed by atoms with van der Waals surface area (Å²) in [4.78, 5) is 1.25. The van der Waals surface area contributed by atoms with Gasteiger partial charge >= 0.3 is 0 Å². The number of rotatable bonds is 7. The van der Waals surface area contributed by atoms with Gasteiger partial charge < -0.3 is 10.1 Å². The average Bonchev–Trinajstić information content (AvgIpc) is 3.09. The van der Waals surface area contributed by atoms with Gasteiger partial charge in [0.1, 0.15) is 11.9 Å². The van der Waals surface area contributed by atoms with Crippen LogP contribution in [0.15, 0.2) is 48.1 Å². The predicted molar refractivity (Wildman–Crippen MR) is 90.4 cm³/mol. The van der Waals surface area contributed by atoms with E-state index in [1.165, 1.54) is 4.88 Å². The Bertz CT molecular complexity index is 710. The van der Waals surface area contributed by atoms with Crippen molar-refractivity contribution in [3.63, 3.8) is 0 Å². The smallest absolute Gasteiger partial charge is 0.134 e. The van der Waals surface area contributed by atoms with E-state index in [9.17, 15) is 0 Å². The van der Waals surface area contributed by atoms with E-state index in [0.29, 0.717) is 0 Å². The van der Waals surface area contributed by atoms with Crippen LogP contribution in [0.1, 0.15) is 24.3 Å². The lowest BCUT2D eigenvalue weighted by molar-refractivity contribution is 0.200. The molecule has 0 fully saturated rings. The van der Waals surface area contributed by atoms with Crippen molar-refractivity contribution in [2.24, 2.45) is 0 Å². The summed E-state index contributed by atoms with van der Waals surface area (Å²) in [6, 6.07) is 10.2. The third-order valence-corrected chi connectivity index (χ3v) is 4.48. The minimum Gasteiger partial charge on any atom is -0.484 e. The Kier molecular flexibility index (Phi) is 4.98. The lowest BCUT2D eigenvalue weighted by Gasteiger charge is -2.19. The predicted octanol–water partition coefficient (Wildman–Crippen LogP) is 3.81. The molecule has 2 aromatic heterocycles. The van der Waals surface area contributed by atoms with Crippen LogP contribution in [0.2, 0.25) is 0 Å². The summed E-state index contributed by atoms with van der Waals surface area (Å²) in [7, 11) is 0. The molecule has 1 atom stereocenters. The van der Waals surface area contributed by atoms with Gasteiger partial charge in [-0.15, -0.1) is 11.3 Å². The average molecular weight is 313 g/mol. The van der Waals surface area contributed by atoms with Crippen LogP contribution in [0.5, 0.6) is 5.75 Å². The molecule has 0 amide bonds. The van der Waals surface area contributed by atoms with Gasteiger partial charge in [-0.25, -0.2) is 0 Å². The van der Waals surface area contributed by atoms with Gasteiger partial charge in [0.05, 0.1) is 12.4 Å². The van der Waals surface area contributed by atoms with Crippen LogP contribution in [0.25, 0.3) is 10.8 Å². The number of nitrogens with zero attached hydrogens (tertiary/aromatic N) is 2. The minimum atomic E-state index is 0.0535. The lowest BCUT2D eigenvalue weighted by atomic mass is 10.1. The summed E-state index contributed by atoms with van der Waals surface area (Å²) in [6.07, 6.45) is 4.52. The highest BCUT2D eigenvalue weighted by atomic mass is 32.1. The molecule has 5 heteroatoms. The summed E-state index contributed by atoms with van der Waals surface area (Å²) in [5.74, 6) is 0.863. The number of thiophene rings is 1. The number of aromatic nitrogens is 2. The third-order valence-electron chi connectivity index (χ3n) is 3.51. The first-order valence-corrected chi connectivity index (χ1v) is 8.36. The Morgan fingerprint density at radius 3 is 2.91 bits per heavy atom. The Morgan fingerprint density at radius 2 is 2.09 bits per heavy atom. The highest BCUT2D eigenvalue weighted by Crippen LogP contribution is 2.31. The van der Waals surface area contributed by atoms with Crippen LogP contribution in [-0.2, 0) is 0 Å². The van der Waals surface area contributed by atoms with Gasteiger partial charge in [0.15, 0.2) is 0 Å². The number of nitrogens with one attached hydrogen (secondary N) is 1. The van der Waals surface area contributed by atoms with E-state index in [1.54, 1.807) is 23.7 Å². The summed E-state index contributed by atoms with van der Waals surface area (Å²) < 4.78 is 6.32. The van der Waals surface area contributed by atoms with Gasteiger partial charge in [-0.1, -0.05) is 25.1 Å². The fourth-order valence-corrected chi connectivity index (χ4v) is 3.19. The molecule has 2 heterocycles. The van der Waals surface area contributed by atoms with Gasteiger partial charge in [-0.2, -0.15) is 10.2 Å². The molecule has 1 N–H and O–H groups in total. The fourth-order valence-electron chi connectivity index (χ4n) is 2.40. The van der Waals surface area contributed by atoms with Gasteiger partial charge in [-0.05, 0) is 30.6 Å².